The van der Waals surface area contributed by atoms with E-state index in [4.69, 9.17) is 4.42 Å². The van der Waals surface area contributed by atoms with Gasteiger partial charge in [-0.1, -0.05) is 78.9 Å². The molecular formula is C32H22N2O. The molecule has 2 aromatic heterocycles. The van der Waals surface area contributed by atoms with Crippen molar-refractivity contribution in [2.24, 2.45) is 0 Å². The van der Waals surface area contributed by atoms with Crippen molar-refractivity contribution in [3.05, 3.63) is 127 Å². The van der Waals surface area contributed by atoms with Gasteiger partial charge >= 0.3 is 0 Å². The number of aromatic nitrogens is 1. The molecule has 3 heterocycles. The molecule has 0 unspecified atom stereocenters. The number of hydrogen-bond donors (Lipinski definition) is 1. The highest BCUT2D eigenvalue weighted by atomic mass is 16.3. The van der Waals surface area contributed by atoms with Gasteiger partial charge in [-0.2, -0.15) is 0 Å². The van der Waals surface area contributed by atoms with Gasteiger partial charge in [-0.15, -0.1) is 0 Å². The normalized spacial score (nSPS) is 18.6. The monoisotopic (exact) mass is 450 g/mol. The van der Waals surface area contributed by atoms with Gasteiger partial charge in [0.05, 0.1) is 11.6 Å². The number of fused-ring (bicyclic) bond motifs is 8. The van der Waals surface area contributed by atoms with Gasteiger partial charge in [-0.25, -0.2) is 0 Å². The summed E-state index contributed by atoms with van der Waals surface area (Å²) in [5.41, 5.74) is 9.27. The lowest BCUT2D eigenvalue weighted by Gasteiger charge is -2.20. The zero-order valence-corrected chi connectivity index (χ0v) is 19.0. The Hall–Kier alpha value is -4.50. The molecule has 1 aliphatic heterocycles. The van der Waals surface area contributed by atoms with E-state index >= 15 is 0 Å². The van der Waals surface area contributed by atoms with E-state index in [0.29, 0.717) is 0 Å². The fourth-order valence-corrected chi connectivity index (χ4v) is 5.91. The molecule has 0 saturated heterocycles. The van der Waals surface area contributed by atoms with Gasteiger partial charge in [0, 0.05) is 45.2 Å². The summed E-state index contributed by atoms with van der Waals surface area (Å²) in [6.45, 7) is 0. The molecule has 4 aromatic carbocycles. The Labute approximate surface area is 202 Å². The molecule has 6 aromatic rings. The topological polar surface area (TPSA) is 30.1 Å². The minimum atomic E-state index is 0.259. The molecule has 8 rings (SSSR count). The summed E-state index contributed by atoms with van der Waals surface area (Å²) in [5, 5.41) is 7.41. The number of furan rings is 1. The Morgan fingerprint density at radius 1 is 0.743 bits per heavy atom. The minimum absolute atomic E-state index is 0.259. The lowest BCUT2D eigenvalue weighted by molar-refractivity contribution is 0.667. The zero-order valence-electron chi connectivity index (χ0n) is 19.0. The van der Waals surface area contributed by atoms with Crippen LogP contribution in [0.2, 0.25) is 0 Å². The van der Waals surface area contributed by atoms with Gasteiger partial charge in [0.25, 0.3) is 0 Å². The van der Waals surface area contributed by atoms with Crippen LogP contribution < -0.4 is 5.32 Å². The van der Waals surface area contributed by atoms with Crippen molar-refractivity contribution in [1.29, 1.82) is 0 Å². The summed E-state index contributed by atoms with van der Waals surface area (Å²) in [6.07, 6.45) is 9.13. The predicted molar refractivity (Wildman–Crippen MR) is 144 cm³/mol. The fourth-order valence-electron chi connectivity index (χ4n) is 5.91. The van der Waals surface area contributed by atoms with Crippen LogP contribution in [0.25, 0.3) is 44.1 Å². The third-order valence-corrected chi connectivity index (χ3v) is 7.55. The van der Waals surface area contributed by atoms with Crippen molar-refractivity contribution in [3.8, 4) is 5.69 Å². The first kappa shape index (κ1) is 18.9. The number of nitrogens with zero attached hydrogens (tertiary/aromatic N) is 1. The largest absolute Gasteiger partial charge is 0.455 e. The Bertz CT molecular complexity index is 1830. The van der Waals surface area contributed by atoms with Crippen molar-refractivity contribution in [3.63, 3.8) is 0 Å². The number of allylic oxidation sites excluding steroid dienone is 2. The summed E-state index contributed by atoms with van der Waals surface area (Å²) < 4.78 is 8.59. The first-order valence-corrected chi connectivity index (χ1v) is 12.1. The number of hydrogen-bond acceptors (Lipinski definition) is 2. The number of benzene rings is 4. The maximum Gasteiger partial charge on any atom is 0.143 e. The summed E-state index contributed by atoms with van der Waals surface area (Å²) in [6, 6.07) is 32.3. The van der Waals surface area contributed by atoms with Crippen molar-refractivity contribution < 1.29 is 4.42 Å². The fraction of sp³-hybridized carbons (Fsp3) is 0.0625. The summed E-state index contributed by atoms with van der Waals surface area (Å²) in [7, 11) is 0. The molecule has 0 saturated carbocycles. The molecule has 0 spiro atoms. The van der Waals surface area contributed by atoms with E-state index < -0.39 is 0 Å². The second-order valence-corrected chi connectivity index (χ2v) is 9.44. The Kier molecular flexibility index (Phi) is 3.78. The molecule has 3 heteroatoms. The molecule has 3 nitrogen and oxygen atoms in total. The molecule has 0 amide bonds. The molecule has 2 aliphatic rings. The number of para-hydroxylation sites is 3. The Balaban J connectivity index is 1.25. The highest BCUT2D eigenvalue weighted by Crippen LogP contribution is 2.46. The lowest BCUT2D eigenvalue weighted by Crippen LogP contribution is -2.18. The van der Waals surface area contributed by atoms with E-state index in [9.17, 15) is 0 Å². The van der Waals surface area contributed by atoms with Crippen molar-refractivity contribution in [1.82, 2.24) is 4.57 Å². The van der Waals surface area contributed by atoms with Crippen molar-refractivity contribution >= 4 is 44.1 Å². The van der Waals surface area contributed by atoms with Gasteiger partial charge in [-0.05, 0) is 41.5 Å². The summed E-state index contributed by atoms with van der Waals surface area (Å²) in [4.78, 5) is 0. The molecule has 0 fully saturated rings. The molecule has 1 aliphatic carbocycles. The third-order valence-electron chi connectivity index (χ3n) is 7.55. The van der Waals surface area contributed by atoms with Gasteiger partial charge < -0.3 is 14.3 Å². The van der Waals surface area contributed by atoms with E-state index in [1.807, 2.05) is 12.1 Å². The van der Waals surface area contributed by atoms with Crippen molar-refractivity contribution in [2.75, 3.05) is 5.32 Å². The lowest BCUT2D eigenvalue weighted by atomic mass is 9.86. The van der Waals surface area contributed by atoms with Crippen LogP contribution in [0, 0.1) is 0 Å². The second kappa shape index (κ2) is 7.00. The van der Waals surface area contributed by atoms with Gasteiger partial charge in [0.15, 0.2) is 0 Å². The minimum Gasteiger partial charge on any atom is -0.455 e. The van der Waals surface area contributed by atoms with Gasteiger partial charge in [0.2, 0.25) is 0 Å². The first-order valence-electron chi connectivity index (χ1n) is 12.1. The molecule has 0 radical (unpaired) electrons. The van der Waals surface area contributed by atoms with E-state index in [-0.39, 0.29) is 12.0 Å². The van der Waals surface area contributed by atoms with E-state index in [0.717, 1.165) is 16.7 Å². The smallest absolute Gasteiger partial charge is 0.143 e. The van der Waals surface area contributed by atoms with Crippen LogP contribution in [-0.4, -0.2) is 10.6 Å². The number of rotatable bonds is 2. The highest BCUT2D eigenvalue weighted by Gasteiger charge is 2.33. The molecule has 35 heavy (non-hydrogen) atoms. The van der Waals surface area contributed by atoms with E-state index in [1.165, 1.54) is 44.2 Å². The number of nitrogens with one attached hydrogen (secondary N) is 1. The first-order chi connectivity index (χ1) is 17.3. The second-order valence-electron chi connectivity index (χ2n) is 9.44. The standard InChI is InChI=1S/C32H22N2O/c1-2-7-21(8-3-1)34-18-17-26-29(34)16-14-24-27-19-20(13-15-28(27)33-31(24)26)22-10-6-11-25-23-9-4-5-12-30(23)35-32(22)25/h1-19,27-28,33H/t27-,28-/m1/s1. The van der Waals surface area contributed by atoms with Crippen molar-refractivity contribution in [2.45, 2.75) is 12.0 Å². The molecule has 2 atom stereocenters. The van der Waals surface area contributed by atoms with Gasteiger partial charge in [-0.3, -0.25) is 0 Å². The quantitative estimate of drug-likeness (QED) is 0.289. The SMILES string of the molecule is C1=C[C@H]2Nc3c(ccc4c3ccn4-c3ccccc3)[C@H]2C=C1c1cccc2c1oc1ccccc12. The van der Waals surface area contributed by atoms with Crippen LogP contribution in [0.15, 0.2) is 120 Å². The van der Waals surface area contributed by atoms with Crippen LogP contribution in [0.5, 0.6) is 0 Å². The molecule has 0 bridgehead atoms. The molecular weight excluding hydrogens is 428 g/mol. The van der Waals surface area contributed by atoms with Crippen LogP contribution in [-0.2, 0) is 0 Å². The van der Waals surface area contributed by atoms with E-state index in [2.05, 4.69) is 113 Å². The van der Waals surface area contributed by atoms with Crippen LogP contribution in [0.3, 0.4) is 0 Å². The maximum atomic E-state index is 6.33. The number of anilines is 1. The zero-order chi connectivity index (χ0) is 22.9. The average molecular weight is 451 g/mol. The predicted octanol–water partition coefficient (Wildman–Crippen LogP) is 8.06. The third kappa shape index (κ3) is 2.66. The maximum absolute atomic E-state index is 6.33. The van der Waals surface area contributed by atoms with Crippen LogP contribution in [0.4, 0.5) is 5.69 Å². The van der Waals surface area contributed by atoms with Gasteiger partial charge in [0.1, 0.15) is 11.2 Å². The summed E-state index contributed by atoms with van der Waals surface area (Å²) >= 11 is 0. The van der Waals surface area contributed by atoms with E-state index in [1.54, 1.807) is 0 Å². The highest BCUT2D eigenvalue weighted by molar-refractivity contribution is 6.09. The molecule has 1 N–H and O–H groups in total. The average Bonchev–Trinajstić information content (AvgIpc) is 3.61. The Morgan fingerprint density at radius 2 is 1.60 bits per heavy atom. The van der Waals surface area contributed by atoms with Crippen LogP contribution in [0.1, 0.15) is 17.0 Å². The Morgan fingerprint density at radius 3 is 2.54 bits per heavy atom. The summed E-state index contributed by atoms with van der Waals surface area (Å²) in [5.74, 6) is 0.286. The molecule has 166 valence electrons. The van der Waals surface area contributed by atoms with Crippen LogP contribution >= 0.6 is 0 Å².